The van der Waals surface area contributed by atoms with Gasteiger partial charge in [0.15, 0.2) is 0 Å². The van der Waals surface area contributed by atoms with Gasteiger partial charge in [-0.2, -0.15) is 5.10 Å². The maximum absolute atomic E-state index is 13.0. The number of aromatic nitrogens is 2. The highest BCUT2D eigenvalue weighted by molar-refractivity contribution is 6.30. The van der Waals surface area contributed by atoms with Crippen molar-refractivity contribution < 1.29 is 9.53 Å². The van der Waals surface area contributed by atoms with E-state index in [0.717, 1.165) is 23.5 Å². The molecule has 0 spiro atoms. The topological polar surface area (TPSA) is 47.4 Å². The highest BCUT2D eigenvalue weighted by atomic mass is 35.5. The maximum atomic E-state index is 13.0. The molecule has 5 nitrogen and oxygen atoms in total. The first-order valence-corrected chi connectivity index (χ1v) is 8.59. The highest BCUT2D eigenvalue weighted by Gasteiger charge is 2.29. The molecule has 0 aliphatic carbocycles. The Hall–Kier alpha value is -1.85. The number of hydrogen-bond donors (Lipinski definition) is 0. The van der Waals surface area contributed by atoms with Crippen molar-refractivity contribution in [2.24, 2.45) is 0 Å². The molecule has 1 aromatic heterocycles. The van der Waals surface area contributed by atoms with Gasteiger partial charge >= 0.3 is 0 Å². The molecule has 2 heterocycles. The average molecular weight is 348 g/mol. The van der Waals surface area contributed by atoms with Crippen LogP contribution in [-0.2, 0) is 11.3 Å². The van der Waals surface area contributed by atoms with Crippen molar-refractivity contribution in [2.75, 3.05) is 19.7 Å². The molecule has 1 aromatic carbocycles. The van der Waals surface area contributed by atoms with E-state index >= 15 is 0 Å². The summed E-state index contributed by atoms with van der Waals surface area (Å²) >= 11 is 5.95. The Morgan fingerprint density at radius 2 is 2.04 bits per heavy atom. The molecule has 1 saturated heterocycles. The predicted molar refractivity (Wildman–Crippen MR) is 93.4 cm³/mol. The first-order chi connectivity index (χ1) is 11.5. The predicted octanol–water partition coefficient (Wildman–Crippen LogP) is 3.39. The molecule has 0 bridgehead atoms. The minimum Gasteiger partial charge on any atom is -0.370 e. The van der Waals surface area contributed by atoms with E-state index in [2.05, 4.69) is 5.10 Å². The smallest absolute Gasteiger partial charge is 0.257 e. The zero-order valence-corrected chi connectivity index (χ0v) is 15.0. The molecule has 1 amide bonds. The van der Waals surface area contributed by atoms with Crippen LogP contribution >= 0.6 is 11.6 Å². The second kappa shape index (κ2) is 6.95. The Morgan fingerprint density at radius 3 is 2.67 bits per heavy atom. The van der Waals surface area contributed by atoms with Crippen molar-refractivity contribution in [3.63, 3.8) is 0 Å². The Labute approximate surface area is 147 Å². The number of aryl methyl sites for hydroxylation is 2. The summed E-state index contributed by atoms with van der Waals surface area (Å²) in [6, 6.07) is 7.60. The van der Waals surface area contributed by atoms with Gasteiger partial charge < -0.3 is 9.64 Å². The molecule has 0 unspecified atom stereocenters. The zero-order chi connectivity index (χ0) is 17.3. The molecule has 1 atom stereocenters. The fourth-order valence-corrected chi connectivity index (χ4v) is 3.31. The minimum atomic E-state index is -0.123. The fourth-order valence-electron chi connectivity index (χ4n) is 3.19. The summed E-state index contributed by atoms with van der Waals surface area (Å²) < 4.78 is 7.72. The normalized spacial score (nSPS) is 18.0. The van der Waals surface area contributed by atoms with E-state index in [1.54, 1.807) is 0 Å². The van der Waals surface area contributed by atoms with Crippen molar-refractivity contribution in [3.8, 4) is 0 Å². The summed E-state index contributed by atoms with van der Waals surface area (Å²) in [6.45, 7) is 8.29. The number of carbonyl (C=O) groups excluding carboxylic acids is 1. The van der Waals surface area contributed by atoms with E-state index < -0.39 is 0 Å². The Balaban J connectivity index is 1.81. The molecule has 6 heteroatoms. The second-order valence-electron chi connectivity index (χ2n) is 6.02. The van der Waals surface area contributed by atoms with E-state index in [4.69, 9.17) is 16.3 Å². The van der Waals surface area contributed by atoms with Gasteiger partial charge in [-0.15, -0.1) is 0 Å². The number of hydrogen-bond acceptors (Lipinski definition) is 3. The van der Waals surface area contributed by atoms with Crippen molar-refractivity contribution in [1.82, 2.24) is 14.7 Å². The molecule has 1 aliphatic heterocycles. The molecule has 1 fully saturated rings. The summed E-state index contributed by atoms with van der Waals surface area (Å²) in [6.07, 6.45) is -0.123. The first kappa shape index (κ1) is 17.0. The quantitative estimate of drug-likeness (QED) is 0.855. The lowest BCUT2D eigenvalue weighted by Gasteiger charge is -2.33. The molecule has 0 N–H and O–H groups in total. The Kier molecular flexibility index (Phi) is 4.92. The van der Waals surface area contributed by atoms with Crippen molar-refractivity contribution >= 4 is 17.5 Å². The van der Waals surface area contributed by atoms with Gasteiger partial charge in [0.25, 0.3) is 5.91 Å². The van der Waals surface area contributed by atoms with Crippen molar-refractivity contribution in [1.29, 1.82) is 0 Å². The van der Waals surface area contributed by atoms with Crippen molar-refractivity contribution in [2.45, 2.75) is 33.4 Å². The third kappa shape index (κ3) is 3.19. The lowest BCUT2D eigenvalue weighted by Crippen LogP contribution is -2.42. The molecular formula is C18H22ClN3O2. The van der Waals surface area contributed by atoms with Crippen LogP contribution in [0.1, 0.15) is 40.3 Å². The van der Waals surface area contributed by atoms with Crippen LogP contribution in [-0.4, -0.2) is 40.3 Å². The summed E-state index contributed by atoms with van der Waals surface area (Å²) in [7, 11) is 0. The van der Waals surface area contributed by atoms with E-state index in [1.165, 1.54) is 0 Å². The largest absolute Gasteiger partial charge is 0.370 e. The Morgan fingerprint density at radius 1 is 1.33 bits per heavy atom. The first-order valence-electron chi connectivity index (χ1n) is 8.21. The molecule has 128 valence electrons. The van der Waals surface area contributed by atoms with Crippen LogP contribution in [0, 0.1) is 13.8 Å². The van der Waals surface area contributed by atoms with Gasteiger partial charge in [0.1, 0.15) is 6.10 Å². The summed E-state index contributed by atoms with van der Waals surface area (Å²) in [5.74, 6) is 0.0342. The highest BCUT2D eigenvalue weighted by Crippen LogP contribution is 2.25. The van der Waals surface area contributed by atoms with Gasteiger partial charge in [0.05, 0.1) is 24.4 Å². The van der Waals surface area contributed by atoms with E-state index in [1.807, 2.05) is 54.6 Å². The van der Waals surface area contributed by atoms with Crippen LogP contribution in [0.4, 0.5) is 0 Å². The number of rotatable bonds is 3. The van der Waals surface area contributed by atoms with E-state index in [0.29, 0.717) is 30.3 Å². The van der Waals surface area contributed by atoms with Crippen LogP contribution in [0.5, 0.6) is 0 Å². The number of benzene rings is 1. The van der Waals surface area contributed by atoms with Gasteiger partial charge in [0.2, 0.25) is 0 Å². The SMILES string of the molecule is CCn1nc(C)c(C(=O)N2CCO[C@@H](c3ccc(Cl)cc3)C2)c1C. The third-order valence-corrected chi connectivity index (χ3v) is 4.74. The van der Waals surface area contributed by atoms with Gasteiger partial charge in [-0.05, 0) is 38.5 Å². The minimum absolute atomic E-state index is 0.0342. The third-order valence-electron chi connectivity index (χ3n) is 4.49. The number of halogens is 1. The van der Waals surface area contributed by atoms with E-state index in [-0.39, 0.29) is 12.0 Å². The van der Waals surface area contributed by atoms with E-state index in [9.17, 15) is 4.79 Å². The molecule has 24 heavy (non-hydrogen) atoms. The standard InChI is InChI=1S/C18H22ClN3O2/c1-4-22-13(3)17(12(2)20-22)18(23)21-9-10-24-16(11-21)14-5-7-15(19)8-6-14/h5-8,16H,4,9-11H2,1-3H3/t16-/m1/s1. The lowest BCUT2D eigenvalue weighted by atomic mass is 10.1. The van der Waals surface area contributed by atoms with Crippen LogP contribution in [0.25, 0.3) is 0 Å². The van der Waals surface area contributed by atoms with Crippen LogP contribution in [0.15, 0.2) is 24.3 Å². The number of amides is 1. The monoisotopic (exact) mass is 347 g/mol. The molecule has 3 rings (SSSR count). The molecule has 0 saturated carbocycles. The molecular weight excluding hydrogens is 326 g/mol. The number of nitrogens with zero attached hydrogens (tertiary/aromatic N) is 3. The number of morpholine rings is 1. The summed E-state index contributed by atoms with van der Waals surface area (Å²) in [4.78, 5) is 14.9. The van der Waals surface area contributed by atoms with Crippen LogP contribution in [0.3, 0.4) is 0 Å². The number of ether oxygens (including phenoxy) is 1. The molecule has 2 aromatic rings. The van der Waals surface area contributed by atoms with Gasteiger partial charge in [0, 0.05) is 23.8 Å². The van der Waals surface area contributed by atoms with Gasteiger partial charge in [-0.25, -0.2) is 0 Å². The lowest BCUT2D eigenvalue weighted by molar-refractivity contribution is -0.0228. The van der Waals surface area contributed by atoms with Gasteiger partial charge in [-0.1, -0.05) is 23.7 Å². The maximum Gasteiger partial charge on any atom is 0.257 e. The molecule has 1 aliphatic rings. The second-order valence-corrected chi connectivity index (χ2v) is 6.46. The summed E-state index contributed by atoms with van der Waals surface area (Å²) in [5.41, 5.74) is 3.46. The van der Waals surface area contributed by atoms with Gasteiger partial charge in [-0.3, -0.25) is 9.48 Å². The average Bonchev–Trinajstić information content (AvgIpc) is 2.89. The zero-order valence-electron chi connectivity index (χ0n) is 14.3. The van der Waals surface area contributed by atoms with Crippen molar-refractivity contribution in [3.05, 3.63) is 51.8 Å². The molecule has 0 radical (unpaired) electrons. The Bertz CT molecular complexity index is 739. The summed E-state index contributed by atoms with van der Waals surface area (Å²) in [5, 5.41) is 5.15. The fraction of sp³-hybridized carbons (Fsp3) is 0.444. The van der Waals surface area contributed by atoms with Crippen LogP contribution < -0.4 is 0 Å². The van der Waals surface area contributed by atoms with Crippen LogP contribution in [0.2, 0.25) is 5.02 Å². The number of carbonyl (C=O) groups is 1.